The average Bonchev–Trinajstić information content (AvgIpc) is 2.78. The molecule has 1 aromatic carbocycles. The van der Waals surface area contributed by atoms with E-state index < -0.39 is 0 Å². The molecule has 2 aromatic rings. The quantitative estimate of drug-likeness (QED) is 0.843. The molecular formula is C15H18N2OS. The van der Waals surface area contributed by atoms with Crippen molar-refractivity contribution in [2.75, 3.05) is 5.32 Å². The zero-order valence-electron chi connectivity index (χ0n) is 11.5. The highest BCUT2D eigenvalue weighted by molar-refractivity contribution is 7.10. The third-order valence-corrected chi connectivity index (χ3v) is 4.05. The lowest BCUT2D eigenvalue weighted by atomic mass is 10.1. The van der Waals surface area contributed by atoms with Crippen LogP contribution in [0.2, 0.25) is 0 Å². The Labute approximate surface area is 117 Å². The monoisotopic (exact) mass is 274 g/mol. The molecule has 0 atom stereocenters. The second kappa shape index (κ2) is 5.97. The summed E-state index contributed by atoms with van der Waals surface area (Å²) in [5.74, 6) is 0.0672. The van der Waals surface area contributed by atoms with Gasteiger partial charge in [-0.2, -0.15) is 4.37 Å². The van der Waals surface area contributed by atoms with Crippen LogP contribution in [0.15, 0.2) is 24.3 Å². The van der Waals surface area contributed by atoms with Gasteiger partial charge in [-0.1, -0.05) is 31.2 Å². The smallest absolute Gasteiger partial charge is 0.164 e. The summed E-state index contributed by atoms with van der Waals surface area (Å²) < 4.78 is 4.25. The third-order valence-electron chi connectivity index (χ3n) is 3.15. The highest BCUT2D eigenvalue weighted by Gasteiger charge is 2.14. The van der Waals surface area contributed by atoms with Crippen LogP contribution in [0.1, 0.15) is 41.0 Å². The first-order valence-electron chi connectivity index (χ1n) is 6.41. The molecule has 2 rings (SSSR count). The first-order valence-corrected chi connectivity index (χ1v) is 7.18. The van der Waals surface area contributed by atoms with Gasteiger partial charge in [0.05, 0.1) is 11.3 Å². The molecule has 0 amide bonds. The summed E-state index contributed by atoms with van der Waals surface area (Å²) >= 11 is 1.36. The van der Waals surface area contributed by atoms with E-state index in [1.807, 2.05) is 13.0 Å². The van der Waals surface area contributed by atoms with Gasteiger partial charge in [-0.15, -0.1) is 0 Å². The standard InChI is InChI=1S/C15H18N2OS/c1-4-12-7-5-6-8-13(12)9-16-15-14(11(3)18)10(2)17-19-15/h5-8,16H,4,9H2,1-3H3. The number of nitrogens with zero attached hydrogens (tertiary/aromatic N) is 1. The molecule has 0 aliphatic heterocycles. The number of anilines is 1. The number of rotatable bonds is 5. The molecule has 0 saturated heterocycles. The number of aromatic nitrogens is 1. The maximum Gasteiger partial charge on any atom is 0.164 e. The Morgan fingerprint density at radius 1 is 1.32 bits per heavy atom. The second-order valence-corrected chi connectivity index (χ2v) is 5.28. The number of carbonyl (C=O) groups is 1. The van der Waals surface area contributed by atoms with Gasteiger partial charge >= 0.3 is 0 Å². The molecule has 0 aliphatic carbocycles. The second-order valence-electron chi connectivity index (χ2n) is 4.50. The Morgan fingerprint density at radius 2 is 2.00 bits per heavy atom. The number of ketones is 1. The first kappa shape index (κ1) is 13.7. The van der Waals surface area contributed by atoms with Crippen molar-refractivity contribution < 1.29 is 4.79 Å². The minimum atomic E-state index is 0.0672. The van der Waals surface area contributed by atoms with Crippen molar-refractivity contribution in [2.24, 2.45) is 0 Å². The number of nitrogens with one attached hydrogen (secondary N) is 1. The molecule has 0 saturated carbocycles. The van der Waals surface area contributed by atoms with E-state index >= 15 is 0 Å². The number of carbonyl (C=O) groups excluding carboxylic acids is 1. The minimum Gasteiger partial charge on any atom is -0.371 e. The van der Waals surface area contributed by atoms with E-state index in [0.29, 0.717) is 0 Å². The van der Waals surface area contributed by atoms with Crippen molar-refractivity contribution in [1.29, 1.82) is 0 Å². The van der Waals surface area contributed by atoms with Crippen LogP contribution in [-0.2, 0) is 13.0 Å². The van der Waals surface area contributed by atoms with Crippen LogP contribution in [-0.4, -0.2) is 10.2 Å². The van der Waals surface area contributed by atoms with Crippen LogP contribution in [0.3, 0.4) is 0 Å². The number of Topliss-reactive ketones (excluding diaryl/α,β-unsaturated/α-hetero) is 1. The Kier molecular flexibility index (Phi) is 4.32. The Hall–Kier alpha value is -1.68. The van der Waals surface area contributed by atoms with Crippen LogP contribution in [0.4, 0.5) is 5.00 Å². The van der Waals surface area contributed by atoms with E-state index in [1.54, 1.807) is 6.92 Å². The van der Waals surface area contributed by atoms with Crippen molar-refractivity contribution in [3.05, 3.63) is 46.6 Å². The van der Waals surface area contributed by atoms with Crippen LogP contribution >= 0.6 is 11.5 Å². The van der Waals surface area contributed by atoms with Crippen LogP contribution in [0.25, 0.3) is 0 Å². The maximum atomic E-state index is 11.6. The van der Waals surface area contributed by atoms with Gasteiger partial charge in [0.25, 0.3) is 0 Å². The highest BCUT2D eigenvalue weighted by atomic mass is 32.1. The zero-order valence-corrected chi connectivity index (χ0v) is 12.3. The molecule has 100 valence electrons. The summed E-state index contributed by atoms with van der Waals surface area (Å²) in [5, 5.41) is 4.21. The lowest BCUT2D eigenvalue weighted by Gasteiger charge is -2.09. The molecule has 0 radical (unpaired) electrons. The van der Waals surface area contributed by atoms with Crippen molar-refractivity contribution in [2.45, 2.75) is 33.7 Å². The van der Waals surface area contributed by atoms with Crippen LogP contribution in [0, 0.1) is 6.92 Å². The van der Waals surface area contributed by atoms with E-state index in [-0.39, 0.29) is 5.78 Å². The number of aryl methyl sites for hydroxylation is 2. The molecule has 4 heteroatoms. The SMILES string of the molecule is CCc1ccccc1CNc1snc(C)c1C(C)=O. The van der Waals surface area contributed by atoms with Gasteiger partial charge in [0.1, 0.15) is 5.00 Å². The van der Waals surface area contributed by atoms with E-state index in [4.69, 9.17) is 0 Å². The molecule has 19 heavy (non-hydrogen) atoms. The zero-order chi connectivity index (χ0) is 13.8. The summed E-state index contributed by atoms with van der Waals surface area (Å²) in [7, 11) is 0. The van der Waals surface area contributed by atoms with E-state index in [2.05, 4.69) is 34.8 Å². The van der Waals surface area contributed by atoms with Gasteiger partial charge in [0.2, 0.25) is 0 Å². The fraction of sp³-hybridized carbons (Fsp3) is 0.333. The maximum absolute atomic E-state index is 11.6. The van der Waals surface area contributed by atoms with E-state index in [9.17, 15) is 4.79 Å². The first-order chi connectivity index (χ1) is 9.13. The summed E-state index contributed by atoms with van der Waals surface area (Å²) in [6.07, 6.45) is 1.01. The van der Waals surface area contributed by atoms with Crippen LogP contribution in [0.5, 0.6) is 0 Å². The van der Waals surface area contributed by atoms with Crippen molar-refractivity contribution in [3.8, 4) is 0 Å². The molecule has 1 N–H and O–H groups in total. The molecule has 1 heterocycles. The Bertz CT molecular complexity index is 590. The molecule has 0 bridgehead atoms. The molecule has 0 fully saturated rings. The van der Waals surface area contributed by atoms with Crippen molar-refractivity contribution >= 4 is 22.3 Å². The average molecular weight is 274 g/mol. The van der Waals surface area contributed by atoms with Gasteiger partial charge in [0.15, 0.2) is 5.78 Å². The van der Waals surface area contributed by atoms with Crippen molar-refractivity contribution in [1.82, 2.24) is 4.37 Å². The summed E-state index contributed by atoms with van der Waals surface area (Å²) in [5.41, 5.74) is 4.13. The molecule has 1 aromatic heterocycles. The summed E-state index contributed by atoms with van der Waals surface area (Å²) in [4.78, 5) is 11.6. The van der Waals surface area contributed by atoms with E-state index in [1.165, 1.54) is 22.7 Å². The predicted octanol–water partition coefficient (Wildman–Crippen LogP) is 3.83. The fourth-order valence-electron chi connectivity index (χ4n) is 2.16. The molecule has 0 unspecified atom stereocenters. The Morgan fingerprint density at radius 3 is 2.63 bits per heavy atom. The summed E-state index contributed by atoms with van der Waals surface area (Å²) in [6, 6.07) is 8.36. The van der Waals surface area contributed by atoms with Gasteiger partial charge in [-0.3, -0.25) is 4.79 Å². The number of hydrogen-bond donors (Lipinski definition) is 1. The van der Waals surface area contributed by atoms with Gasteiger partial charge in [0, 0.05) is 6.54 Å². The fourth-order valence-corrected chi connectivity index (χ4v) is 2.99. The Balaban J connectivity index is 2.17. The summed E-state index contributed by atoms with van der Waals surface area (Å²) in [6.45, 7) is 6.34. The number of benzene rings is 1. The lowest BCUT2D eigenvalue weighted by molar-refractivity contribution is 0.101. The minimum absolute atomic E-state index is 0.0672. The number of hydrogen-bond acceptors (Lipinski definition) is 4. The molecule has 0 aliphatic rings. The highest BCUT2D eigenvalue weighted by Crippen LogP contribution is 2.25. The van der Waals surface area contributed by atoms with Crippen molar-refractivity contribution in [3.63, 3.8) is 0 Å². The normalized spacial score (nSPS) is 10.5. The topological polar surface area (TPSA) is 42.0 Å². The molecular weight excluding hydrogens is 256 g/mol. The van der Waals surface area contributed by atoms with Crippen LogP contribution < -0.4 is 5.32 Å². The van der Waals surface area contributed by atoms with E-state index in [0.717, 1.165) is 29.2 Å². The van der Waals surface area contributed by atoms with Gasteiger partial charge in [-0.05, 0) is 42.9 Å². The lowest BCUT2D eigenvalue weighted by Crippen LogP contribution is -2.05. The largest absolute Gasteiger partial charge is 0.371 e. The van der Waals surface area contributed by atoms with Gasteiger partial charge in [-0.25, -0.2) is 0 Å². The third kappa shape index (κ3) is 3.01. The molecule has 3 nitrogen and oxygen atoms in total. The van der Waals surface area contributed by atoms with Gasteiger partial charge < -0.3 is 5.32 Å². The molecule has 0 spiro atoms. The predicted molar refractivity (Wildman–Crippen MR) is 80.0 cm³/mol.